The number of carbonyl (C=O) groups is 1. The van der Waals surface area contributed by atoms with Crippen molar-refractivity contribution in [1.29, 1.82) is 0 Å². The Balaban J connectivity index is 1.59. The maximum Gasteiger partial charge on any atom is 0.224 e. The van der Waals surface area contributed by atoms with E-state index in [1.165, 1.54) is 12.8 Å². The standard InChI is InChI=1S/C20H20N2OS/c1-13(14-10-11-14)12-19(23)21-16-7-3-2-6-15(16)20-22-17-8-4-5-9-18(17)24-20/h2-9,13-14H,10-12H2,1H3,(H,21,23)/t13-/m1/s1. The predicted octanol–water partition coefficient (Wildman–Crippen LogP) is 5.34. The molecule has 3 aromatic rings. The Morgan fingerprint density at radius 3 is 2.75 bits per heavy atom. The highest BCUT2D eigenvalue weighted by Crippen LogP contribution is 2.39. The van der Waals surface area contributed by atoms with E-state index in [1.807, 2.05) is 42.5 Å². The minimum atomic E-state index is 0.1000. The van der Waals surface area contributed by atoms with Crippen LogP contribution < -0.4 is 5.32 Å². The summed E-state index contributed by atoms with van der Waals surface area (Å²) in [4.78, 5) is 17.1. The summed E-state index contributed by atoms with van der Waals surface area (Å²) >= 11 is 1.66. The highest BCUT2D eigenvalue weighted by Gasteiger charge is 2.29. The maximum absolute atomic E-state index is 12.4. The summed E-state index contributed by atoms with van der Waals surface area (Å²) < 4.78 is 1.16. The summed E-state index contributed by atoms with van der Waals surface area (Å²) in [5.41, 5.74) is 2.84. The van der Waals surface area contributed by atoms with Crippen molar-refractivity contribution in [2.75, 3.05) is 5.32 Å². The number of carbonyl (C=O) groups excluding carboxylic acids is 1. The molecule has 0 spiro atoms. The van der Waals surface area contributed by atoms with Crippen molar-refractivity contribution in [2.24, 2.45) is 11.8 Å². The number of benzene rings is 2. The molecule has 1 atom stereocenters. The van der Waals surface area contributed by atoms with Crippen molar-refractivity contribution < 1.29 is 4.79 Å². The van der Waals surface area contributed by atoms with Crippen molar-refractivity contribution in [3.05, 3.63) is 48.5 Å². The van der Waals surface area contributed by atoms with E-state index in [1.54, 1.807) is 11.3 Å². The average molecular weight is 336 g/mol. The predicted molar refractivity (Wildman–Crippen MR) is 100 cm³/mol. The van der Waals surface area contributed by atoms with Gasteiger partial charge < -0.3 is 5.32 Å². The van der Waals surface area contributed by atoms with Gasteiger partial charge in [0, 0.05) is 12.0 Å². The smallest absolute Gasteiger partial charge is 0.224 e. The molecule has 122 valence electrons. The van der Waals surface area contributed by atoms with Crippen LogP contribution in [0.5, 0.6) is 0 Å². The van der Waals surface area contributed by atoms with Crippen LogP contribution in [0.4, 0.5) is 5.69 Å². The quantitative estimate of drug-likeness (QED) is 0.683. The third kappa shape index (κ3) is 3.20. The fraction of sp³-hybridized carbons (Fsp3) is 0.300. The Labute approximate surface area is 145 Å². The molecule has 0 saturated heterocycles. The number of para-hydroxylation sites is 2. The molecule has 4 heteroatoms. The molecule has 1 saturated carbocycles. The Morgan fingerprint density at radius 2 is 1.96 bits per heavy atom. The molecule has 0 aliphatic heterocycles. The first-order chi connectivity index (χ1) is 11.7. The lowest BCUT2D eigenvalue weighted by Crippen LogP contribution is -2.16. The molecule has 1 aromatic heterocycles. The molecule has 0 unspecified atom stereocenters. The molecular weight excluding hydrogens is 316 g/mol. The molecule has 3 nitrogen and oxygen atoms in total. The van der Waals surface area contributed by atoms with Gasteiger partial charge in [-0.3, -0.25) is 4.79 Å². The van der Waals surface area contributed by atoms with Crippen LogP contribution in [0.3, 0.4) is 0 Å². The van der Waals surface area contributed by atoms with E-state index >= 15 is 0 Å². The summed E-state index contributed by atoms with van der Waals surface area (Å²) in [5, 5.41) is 4.04. The Hall–Kier alpha value is -2.20. The maximum atomic E-state index is 12.4. The Morgan fingerprint density at radius 1 is 1.21 bits per heavy atom. The first-order valence-corrected chi connectivity index (χ1v) is 9.27. The largest absolute Gasteiger partial charge is 0.325 e. The van der Waals surface area contributed by atoms with E-state index in [2.05, 4.69) is 18.3 Å². The zero-order valence-electron chi connectivity index (χ0n) is 13.7. The normalized spacial score (nSPS) is 15.4. The second-order valence-corrected chi connectivity index (χ2v) is 7.63. The SMILES string of the molecule is C[C@H](CC(=O)Nc1ccccc1-c1nc2ccccc2s1)C1CC1. The monoisotopic (exact) mass is 336 g/mol. The van der Waals surface area contributed by atoms with E-state index in [-0.39, 0.29) is 5.91 Å². The fourth-order valence-electron chi connectivity index (χ4n) is 3.09. The van der Waals surface area contributed by atoms with Gasteiger partial charge in [-0.25, -0.2) is 4.98 Å². The van der Waals surface area contributed by atoms with Crippen LogP contribution in [-0.4, -0.2) is 10.9 Å². The average Bonchev–Trinajstić information content (AvgIpc) is 3.34. The first-order valence-electron chi connectivity index (χ1n) is 8.45. The highest BCUT2D eigenvalue weighted by atomic mass is 32.1. The van der Waals surface area contributed by atoms with Crippen molar-refractivity contribution in [3.63, 3.8) is 0 Å². The van der Waals surface area contributed by atoms with E-state index in [4.69, 9.17) is 4.98 Å². The minimum absolute atomic E-state index is 0.1000. The molecule has 4 rings (SSSR count). The second kappa shape index (κ2) is 6.36. The fourth-order valence-corrected chi connectivity index (χ4v) is 4.10. The summed E-state index contributed by atoms with van der Waals surface area (Å²) in [6.07, 6.45) is 3.15. The number of aromatic nitrogens is 1. The molecule has 1 fully saturated rings. The van der Waals surface area contributed by atoms with Gasteiger partial charge in [0.05, 0.1) is 15.9 Å². The first kappa shape index (κ1) is 15.3. The summed E-state index contributed by atoms with van der Waals surface area (Å²) in [5.74, 6) is 1.32. The lowest BCUT2D eigenvalue weighted by molar-refractivity contribution is -0.117. The molecular formula is C20H20N2OS. The molecule has 2 aromatic carbocycles. The second-order valence-electron chi connectivity index (χ2n) is 6.60. The lowest BCUT2D eigenvalue weighted by atomic mass is 10.0. The van der Waals surface area contributed by atoms with Gasteiger partial charge in [0.2, 0.25) is 5.91 Å². The molecule has 0 radical (unpaired) electrons. The summed E-state index contributed by atoms with van der Waals surface area (Å²) in [6, 6.07) is 16.1. The molecule has 1 amide bonds. The number of nitrogens with zero attached hydrogens (tertiary/aromatic N) is 1. The molecule has 1 N–H and O–H groups in total. The van der Waals surface area contributed by atoms with Gasteiger partial charge in [-0.1, -0.05) is 31.2 Å². The number of amides is 1. The van der Waals surface area contributed by atoms with E-state index in [0.717, 1.165) is 32.4 Å². The van der Waals surface area contributed by atoms with E-state index < -0.39 is 0 Å². The number of anilines is 1. The van der Waals surface area contributed by atoms with Crippen LogP contribution in [-0.2, 0) is 4.79 Å². The van der Waals surface area contributed by atoms with Gasteiger partial charge in [0.25, 0.3) is 0 Å². The number of thiazole rings is 1. The Kier molecular flexibility index (Phi) is 4.07. The number of nitrogens with one attached hydrogen (secondary N) is 1. The van der Waals surface area contributed by atoms with Crippen LogP contribution in [0.25, 0.3) is 20.8 Å². The molecule has 1 heterocycles. The third-order valence-electron chi connectivity index (χ3n) is 4.66. The van der Waals surface area contributed by atoms with Gasteiger partial charge in [-0.15, -0.1) is 11.3 Å². The Bertz CT molecular complexity index is 849. The van der Waals surface area contributed by atoms with Crippen LogP contribution in [0.15, 0.2) is 48.5 Å². The van der Waals surface area contributed by atoms with E-state index in [9.17, 15) is 4.79 Å². The summed E-state index contributed by atoms with van der Waals surface area (Å²) in [7, 11) is 0. The topological polar surface area (TPSA) is 42.0 Å². The van der Waals surface area contributed by atoms with Crippen LogP contribution >= 0.6 is 11.3 Å². The number of fused-ring (bicyclic) bond motifs is 1. The van der Waals surface area contributed by atoms with Gasteiger partial charge in [-0.2, -0.15) is 0 Å². The van der Waals surface area contributed by atoms with Gasteiger partial charge in [-0.05, 0) is 48.9 Å². The zero-order valence-corrected chi connectivity index (χ0v) is 14.5. The number of hydrogen-bond donors (Lipinski definition) is 1. The lowest BCUT2D eigenvalue weighted by Gasteiger charge is -2.12. The van der Waals surface area contributed by atoms with Gasteiger partial charge in [0.15, 0.2) is 0 Å². The van der Waals surface area contributed by atoms with Gasteiger partial charge >= 0.3 is 0 Å². The van der Waals surface area contributed by atoms with Crippen molar-refractivity contribution in [2.45, 2.75) is 26.2 Å². The van der Waals surface area contributed by atoms with Crippen LogP contribution in [0.1, 0.15) is 26.2 Å². The summed E-state index contributed by atoms with van der Waals surface area (Å²) in [6.45, 7) is 2.18. The molecule has 1 aliphatic carbocycles. The highest BCUT2D eigenvalue weighted by molar-refractivity contribution is 7.21. The van der Waals surface area contributed by atoms with Crippen LogP contribution in [0, 0.1) is 11.8 Å². The zero-order chi connectivity index (χ0) is 16.5. The molecule has 1 aliphatic rings. The van der Waals surface area contributed by atoms with Crippen LogP contribution in [0.2, 0.25) is 0 Å². The molecule has 24 heavy (non-hydrogen) atoms. The van der Waals surface area contributed by atoms with Crippen molar-refractivity contribution in [1.82, 2.24) is 4.98 Å². The number of rotatable bonds is 5. The third-order valence-corrected chi connectivity index (χ3v) is 5.73. The minimum Gasteiger partial charge on any atom is -0.325 e. The number of hydrogen-bond acceptors (Lipinski definition) is 3. The van der Waals surface area contributed by atoms with Crippen molar-refractivity contribution in [3.8, 4) is 10.6 Å². The van der Waals surface area contributed by atoms with Crippen molar-refractivity contribution >= 4 is 33.1 Å². The van der Waals surface area contributed by atoms with Gasteiger partial charge in [0.1, 0.15) is 5.01 Å². The van der Waals surface area contributed by atoms with E-state index in [0.29, 0.717) is 12.3 Å². The molecule has 0 bridgehead atoms.